The second-order valence-corrected chi connectivity index (χ2v) is 4.17. The Balaban J connectivity index is 0.00000133. The number of fused-ring (bicyclic) bond motifs is 1. The van der Waals surface area contributed by atoms with Crippen molar-refractivity contribution in [2.45, 2.75) is 6.61 Å². The average Bonchev–Trinajstić information content (AvgIpc) is 2.44. The van der Waals surface area contributed by atoms with Crippen molar-refractivity contribution in [2.75, 3.05) is 0 Å². The molecule has 2 N–H and O–H groups in total. The van der Waals surface area contributed by atoms with Crippen LogP contribution in [-0.2, 0) is 11.3 Å². The maximum absolute atomic E-state index is 9.86. The van der Waals surface area contributed by atoms with Crippen molar-refractivity contribution in [1.82, 2.24) is 0 Å². The highest BCUT2D eigenvalue weighted by Crippen LogP contribution is 2.37. The van der Waals surface area contributed by atoms with Gasteiger partial charge < -0.3 is 14.9 Å². The molecule has 3 nitrogen and oxygen atoms in total. The molecule has 0 saturated carbocycles. The predicted molar refractivity (Wildman–Crippen MR) is 76.1 cm³/mol. The molecule has 0 unspecified atom stereocenters. The van der Waals surface area contributed by atoms with Crippen LogP contribution in [0.25, 0.3) is 11.8 Å². The Bertz CT molecular complexity index is 621. The summed E-state index contributed by atoms with van der Waals surface area (Å²) in [5, 5.41) is 19.4. The van der Waals surface area contributed by atoms with Crippen LogP contribution in [-0.4, -0.2) is 10.2 Å². The van der Waals surface area contributed by atoms with Crippen LogP contribution >= 0.6 is 12.4 Å². The van der Waals surface area contributed by atoms with E-state index in [0.717, 1.165) is 11.1 Å². The van der Waals surface area contributed by atoms with E-state index in [1.807, 2.05) is 30.3 Å². The molecule has 0 atom stereocenters. The topological polar surface area (TPSA) is 49.7 Å². The van der Waals surface area contributed by atoms with Crippen molar-refractivity contribution in [3.8, 4) is 11.5 Å². The summed E-state index contributed by atoms with van der Waals surface area (Å²) in [6.07, 6.45) is 1.75. The maximum atomic E-state index is 9.86. The molecule has 2 aromatic rings. The molecule has 0 spiro atoms. The molecule has 1 aliphatic heterocycles. The van der Waals surface area contributed by atoms with Crippen LogP contribution in [0.5, 0.6) is 11.5 Å². The minimum Gasteiger partial charge on any atom is -0.504 e. The van der Waals surface area contributed by atoms with Crippen molar-refractivity contribution in [2.24, 2.45) is 0 Å². The number of phenolic OH excluding ortho intramolecular Hbond substituents is 2. The Morgan fingerprint density at radius 3 is 2.42 bits per heavy atom. The van der Waals surface area contributed by atoms with Crippen LogP contribution < -0.4 is 0 Å². The molecule has 0 radical (unpaired) electrons. The van der Waals surface area contributed by atoms with Crippen LogP contribution in [0.3, 0.4) is 0 Å². The molecule has 3 rings (SSSR count). The standard InChI is InChI=1S/C15H12O3.ClH/c16-13-7-6-11-9-18-14(8-12(11)15(13)17)10-4-2-1-3-5-10;/h1-8,16-17H,9H2;1H. The van der Waals surface area contributed by atoms with Crippen molar-refractivity contribution < 1.29 is 14.9 Å². The number of hydrogen-bond donors (Lipinski definition) is 2. The van der Waals surface area contributed by atoms with E-state index < -0.39 is 0 Å². The molecule has 1 heterocycles. The lowest BCUT2D eigenvalue weighted by Crippen LogP contribution is -2.02. The first-order valence-electron chi connectivity index (χ1n) is 5.69. The van der Waals surface area contributed by atoms with Gasteiger partial charge in [-0.05, 0) is 12.1 Å². The molecule has 0 fully saturated rings. The maximum Gasteiger partial charge on any atom is 0.165 e. The third-order valence-corrected chi connectivity index (χ3v) is 3.00. The summed E-state index contributed by atoms with van der Waals surface area (Å²) in [5.74, 6) is 0.493. The summed E-state index contributed by atoms with van der Waals surface area (Å²) in [4.78, 5) is 0. The number of halogens is 1. The van der Waals surface area contributed by atoms with Gasteiger partial charge in [0, 0.05) is 16.7 Å². The lowest BCUT2D eigenvalue weighted by Gasteiger charge is -2.19. The Hall–Kier alpha value is -2.13. The van der Waals surface area contributed by atoms with Crippen molar-refractivity contribution in [1.29, 1.82) is 0 Å². The van der Waals surface area contributed by atoms with E-state index in [9.17, 15) is 10.2 Å². The summed E-state index contributed by atoms with van der Waals surface area (Å²) in [5.41, 5.74) is 2.44. The van der Waals surface area contributed by atoms with Crippen LogP contribution in [0, 0.1) is 0 Å². The van der Waals surface area contributed by atoms with Crippen LogP contribution in [0.4, 0.5) is 0 Å². The third-order valence-electron chi connectivity index (χ3n) is 3.00. The van der Waals surface area contributed by atoms with Gasteiger partial charge in [0.25, 0.3) is 0 Å². The van der Waals surface area contributed by atoms with Crippen molar-refractivity contribution in [3.05, 3.63) is 59.2 Å². The first-order chi connectivity index (χ1) is 8.75. The van der Waals surface area contributed by atoms with Crippen LogP contribution in [0.1, 0.15) is 16.7 Å². The lowest BCUT2D eigenvalue weighted by molar-refractivity contribution is 0.260. The normalized spacial score (nSPS) is 12.7. The SMILES string of the molecule is Cl.Oc1ccc2c(c1O)C=C(c1ccccc1)OC2. The molecule has 0 amide bonds. The van der Waals surface area contributed by atoms with Gasteiger partial charge in [0.15, 0.2) is 11.5 Å². The Morgan fingerprint density at radius 2 is 1.68 bits per heavy atom. The summed E-state index contributed by atoms with van der Waals surface area (Å²) in [7, 11) is 0. The minimum atomic E-state index is -0.112. The second-order valence-electron chi connectivity index (χ2n) is 4.17. The average molecular weight is 277 g/mol. The Labute approximate surface area is 117 Å². The summed E-state index contributed by atoms with van der Waals surface area (Å²) >= 11 is 0. The molecule has 2 aromatic carbocycles. The van der Waals surface area contributed by atoms with Gasteiger partial charge in [0.1, 0.15) is 12.4 Å². The molecular weight excluding hydrogens is 264 g/mol. The molecular formula is C15H13ClO3. The van der Waals surface area contributed by atoms with Crippen molar-refractivity contribution >= 4 is 24.2 Å². The van der Waals surface area contributed by atoms with Gasteiger partial charge in [0.2, 0.25) is 0 Å². The molecule has 98 valence electrons. The van der Waals surface area contributed by atoms with E-state index in [2.05, 4.69) is 0 Å². The lowest BCUT2D eigenvalue weighted by atomic mass is 10.0. The van der Waals surface area contributed by atoms with Crippen LogP contribution in [0.15, 0.2) is 42.5 Å². The van der Waals surface area contributed by atoms with E-state index in [1.54, 1.807) is 12.1 Å². The zero-order valence-corrected chi connectivity index (χ0v) is 10.9. The monoisotopic (exact) mass is 276 g/mol. The quantitative estimate of drug-likeness (QED) is 0.783. The second kappa shape index (κ2) is 5.24. The van der Waals surface area contributed by atoms with Gasteiger partial charge in [-0.15, -0.1) is 12.4 Å². The zero-order chi connectivity index (χ0) is 12.5. The summed E-state index contributed by atoms with van der Waals surface area (Å²) < 4.78 is 5.65. The van der Waals surface area contributed by atoms with Gasteiger partial charge in [0.05, 0.1) is 0 Å². The van der Waals surface area contributed by atoms with Crippen LogP contribution in [0.2, 0.25) is 0 Å². The molecule has 19 heavy (non-hydrogen) atoms. The fourth-order valence-electron chi connectivity index (χ4n) is 2.02. The highest BCUT2D eigenvalue weighted by molar-refractivity contribution is 5.85. The van der Waals surface area contributed by atoms with E-state index in [1.165, 1.54) is 6.07 Å². The minimum absolute atomic E-state index is 0. The van der Waals surface area contributed by atoms with E-state index >= 15 is 0 Å². The van der Waals surface area contributed by atoms with Gasteiger partial charge in [-0.2, -0.15) is 0 Å². The fraction of sp³-hybridized carbons (Fsp3) is 0.0667. The number of rotatable bonds is 1. The van der Waals surface area contributed by atoms with Gasteiger partial charge in [-0.25, -0.2) is 0 Å². The molecule has 4 heteroatoms. The zero-order valence-electron chi connectivity index (χ0n) is 10.0. The fourth-order valence-corrected chi connectivity index (χ4v) is 2.02. The largest absolute Gasteiger partial charge is 0.504 e. The highest BCUT2D eigenvalue weighted by Gasteiger charge is 2.17. The number of hydrogen-bond acceptors (Lipinski definition) is 3. The number of phenols is 2. The smallest absolute Gasteiger partial charge is 0.165 e. The third kappa shape index (κ3) is 2.37. The summed E-state index contributed by atoms with van der Waals surface area (Å²) in [6.45, 7) is 0.393. The number of benzene rings is 2. The molecule has 0 aliphatic carbocycles. The van der Waals surface area contributed by atoms with E-state index in [-0.39, 0.29) is 23.9 Å². The van der Waals surface area contributed by atoms with Gasteiger partial charge in [-0.1, -0.05) is 36.4 Å². The molecule has 0 aromatic heterocycles. The predicted octanol–water partition coefficient (Wildman–Crippen LogP) is 3.55. The van der Waals surface area contributed by atoms with Gasteiger partial charge >= 0.3 is 0 Å². The van der Waals surface area contributed by atoms with Gasteiger partial charge in [-0.3, -0.25) is 0 Å². The van der Waals surface area contributed by atoms with Crippen molar-refractivity contribution in [3.63, 3.8) is 0 Å². The summed E-state index contributed by atoms with van der Waals surface area (Å²) in [6, 6.07) is 12.9. The first-order valence-corrected chi connectivity index (χ1v) is 5.69. The Morgan fingerprint density at radius 1 is 0.947 bits per heavy atom. The first kappa shape index (κ1) is 13.3. The highest BCUT2D eigenvalue weighted by atomic mass is 35.5. The van der Waals surface area contributed by atoms with E-state index in [0.29, 0.717) is 17.9 Å². The molecule has 0 bridgehead atoms. The number of ether oxygens (including phenoxy) is 1. The Kier molecular flexibility index (Phi) is 3.67. The van der Waals surface area contributed by atoms with E-state index in [4.69, 9.17) is 4.74 Å². The molecule has 1 aliphatic rings. The molecule has 0 saturated heterocycles. The number of aromatic hydroxyl groups is 2.